The first-order valence-corrected chi connectivity index (χ1v) is 7.98. The monoisotopic (exact) mass is 249 g/mol. The van der Waals surface area contributed by atoms with Crippen molar-refractivity contribution in [1.29, 1.82) is 0 Å². The van der Waals surface area contributed by atoms with Crippen molar-refractivity contribution in [3.8, 4) is 0 Å². The average molecular weight is 249 g/mol. The minimum Gasteiger partial charge on any atom is -0.411 e. The van der Waals surface area contributed by atoms with E-state index in [0.717, 1.165) is 0 Å². The minimum absolute atomic E-state index is 1.42. The molecule has 4 heteroatoms. The van der Waals surface area contributed by atoms with Crippen molar-refractivity contribution in [3.05, 3.63) is 0 Å². The molecule has 2 aliphatic rings. The van der Waals surface area contributed by atoms with Gasteiger partial charge in [-0.1, -0.05) is 12.8 Å². The molecule has 90 valence electrons. The number of hydrogen-bond acceptors (Lipinski definition) is 4. The smallest absolute Gasteiger partial charge is 0.0298 e. The number of oxime groups is 1. The lowest BCUT2D eigenvalue weighted by atomic mass is 10.3. The summed E-state index contributed by atoms with van der Waals surface area (Å²) in [5.41, 5.74) is 0. The maximum Gasteiger partial charge on any atom is 0.0298 e. The summed E-state index contributed by atoms with van der Waals surface area (Å²) in [7, 11) is 0. The fourth-order valence-electron chi connectivity index (χ4n) is 1.37. The molecule has 2 rings (SSSR count). The molecule has 2 nitrogen and oxygen atoms in total. The van der Waals surface area contributed by atoms with Gasteiger partial charge in [-0.05, 0) is 48.7 Å². The third-order valence-electron chi connectivity index (χ3n) is 2.15. The zero-order valence-corrected chi connectivity index (χ0v) is 11.1. The highest BCUT2D eigenvalue weighted by molar-refractivity contribution is 7.99. The summed E-state index contributed by atoms with van der Waals surface area (Å²) in [4.78, 5) is 0. The van der Waals surface area contributed by atoms with E-state index in [2.05, 4.69) is 35.4 Å². The van der Waals surface area contributed by atoms with Crippen molar-refractivity contribution >= 4 is 30.2 Å². The number of rotatable bonds is 0. The Morgan fingerprint density at radius 3 is 1.07 bits per heavy atom. The lowest BCUT2D eigenvalue weighted by Gasteiger charge is -2.05. The molecule has 0 saturated carbocycles. The third-order valence-corrected chi connectivity index (χ3v) is 4.46. The Hall–Kier alpha value is 0.170. The summed E-state index contributed by atoms with van der Waals surface area (Å²) in [5, 5.41) is 9.33. The molecule has 0 aromatic carbocycles. The van der Waals surface area contributed by atoms with Crippen LogP contribution < -0.4 is 0 Å². The van der Waals surface area contributed by atoms with Crippen LogP contribution in [-0.2, 0) is 0 Å². The third kappa shape index (κ3) is 14.2. The molecular formula is C11H23NOS2. The first-order valence-electron chi connectivity index (χ1n) is 5.67. The van der Waals surface area contributed by atoms with Gasteiger partial charge in [0.1, 0.15) is 0 Å². The molecule has 2 fully saturated rings. The van der Waals surface area contributed by atoms with E-state index >= 15 is 0 Å². The molecule has 0 aliphatic carbocycles. The van der Waals surface area contributed by atoms with Crippen molar-refractivity contribution in [1.82, 2.24) is 0 Å². The molecule has 0 aromatic heterocycles. The second-order valence-electron chi connectivity index (χ2n) is 3.49. The second kappa shape index (κ2) is 14.2. The van der Waals surface area contributed by atoms with Crippen LogP contribution in [0.4, 0.5) is 0 Å². The van der Waals surface area contributed by atoms with E-state index in [1.54, 1.807) is 0 Å². The highest BCUT2D eigenvalue weighted by atomic mass is 32.2. The Balaban J connectivity index is 0.000000210. The quantitative estimate of drug-likeness (QED) is 0.402. The zero-order valence-electron chi connectivity index (χ0n) is 9.49. The van der Waals surface area contributed by atoms with Crippen LogP contribution in [0.15, 0.2) is 5.16 Å². The molecule has 0 amide bonds. The van der Waals surface area contributed by atoms with Crippen molar-refractivity contribution in [2.45, 2.75) is 38.5 Å². The fraction of sp³-hybridized carbons (Fsp3) is 0.909. The van der Waals surface area contributed by atoms with Gasteiger partial charge in [0.15, 0.2) is 0 Å². The molecule has 15 heavy (non-hydrogen) atoms. The predicted octanol–water partition coefficient (Wildman–Crippen LogP) is 3.88. The van der Waals surface area contributed by atoms with Gasteiger partial charge in [-0.25, -0.2) is 0 Å². The maximum atomic E-state index is 7.08. The lowest BCUT2D eigenvalue weighted by molar-refractivity contribution is 0.323. The molecule has 0 atom stereocenters. The first-order chi connectivity index (χ1) is 7.41. The van der Waals surface area contributed by atoms with Gasteiger partial charge in [0.05, 0.1) is 0 Å². The standard InChI is InChI=1S/2C5H10S.CH3NO/c2*1-2-4-6-5-3-1;1-2-3/h2*1-5H2;3H,1H2. The first kappa shape index (κ1) is 15.2. The Morgan fingerprint density at radius 2 is 1.00 bits per heavy atom. The number of thioether (sulfide) groups is 2. The summed E-state index contributed by atoms with van der Waals surface area (Å²) in [6.07, 6.45) is 8.81. The molecule has 2 heterocycles. The van der Waals surface area contributed by atoms with Gasteiger partial charge in [0.2, 0.25) is 0 Å². The Morgan fingerprint density at radius 1 is 0.733 bits per heavy atom. The SMILES string of the molecule is C1CCSCC1.C1CCSCC1.C=NO. The van der Waals surface area contributed by atoms with Gasteiger partial charge in [-0.2, -0.15) is 23.5 Å². The van der Waals surface area contributed by atoms with Crippen LogP contribution in [0.5, 0.6) is 0 Å². The van der Waals surface area contributed by atoms with Crippen LogP contribution in [0, 0.1) is 0 Å². The van der Waals surface area contributed by atoms with E-state index in [4.69, 9.17) is 5.21 Å². The van der Waals surface area contributed by atoms with Crippen LogP contribution in [0.3, 0.4) is 0 Å². The zero-order chi connectivity index (χ0) is 11.2. The van der Waals surface area contributed by atoms with Crippen LogP contribution in [-0.4, -0.2) is 34.9 Å². The van der Waals surface area contributed by atoms with Crippen LogP contribution in [0.25, 0.3) is 0 Å². The highest BCUT2D eigenvalue weighted by Gasteiger charge is 1.96. The molecule has 1 N–H and O–H groups in total. The lowest BCUT2D eigenvalue weighted by Crippen LogP contribution is -1.91. The normalized spacial score (nSPS) is 20.0. The van der Waals surface area contributed by atoms with E-state index in [1.165, 1.54) is 61.5 Å². The molecule has 0 radical (unpaired) electrons. The van der Waals surface area contributed by atoms with Crippen molar-refractivity contribution in [3.63, 3.8) is 0 Å². The van der Waals surface area contributed by atoms with Gasteiger partial charge in [0, 0.05) is 6.72 Å². The van der Waals surface area contributed by atoms with Crippen molar-refractivity contribution < 1.29 is 5.21 Å². The fourth-order valence-corrected chi connectivity index (χ4v) is 3.42. The van der Waals surface area contributed by atoms with Crippen molar-refractivity contribution in [2.24, 2.45) is 5.16 Å². The predicted molar refractivity (Wildman–Crippen MR) is 73.7 cm³/mol. The largest absolute Gasteiger partial charge is 0.411 e. The molecule has 2 saturated heterocycles. The Kier molecular flexibility index (Phi) is 14.3. The summed E-state index contributed by atoms with van der Waals surface area (Å²) in [6.45, 7) is 2.67. The summed E-state index contributed by atoms with van der Waals surface area (Å²) in [5.74, 6) is 5.67. The maximum absolute atomic E-state index is 7.08. The van der Waals surface area contributed by atoms with E-state index in [1.807, 2.05) is 0 Å². The number of nitrogens with zero attached hydrogens (tertiary/aromatic N) is 1. The van der Waals surface area contributed by atoms with Crippen LogP contribution in [0.2, 0.25) is 0 Å². The molecular weight excluding hydrogens is 226 g/mol. The summed E-state index contributed by atoms with van der Waals surface area (Å²) < 4.78 is 0. The van der Waals surface area contributed by atoms with Gasteiger partial charge in [-0.15, -0.1) is 5.16 Å². The van der Waals surface area contributed by atoms with Gasteiger partial charge >= 0.3 is 0 Å². The second-order valence-corrected chi connectivity index (χ2v) is 5.94. The average Bonchev–Trinajstić information content (AvgIpc) is 2.35. The molecule has 0 unspecified atom stereocenters. The highest BCUT2D eigenvalue weighted by Crippen LogP contribution is 2.15. The molecule has 0 spiro atoms. The molecule has 0 aromatic rings. The van der Waals surface area contributed by atoms with E-state index < -0.39 is 0 Å². The van der Waals surface area contributed by atoms with Crippen molar-refractivity contribution in [2.75, 3.05) is 23.0 Å². The minimum atomic E-state index is 1.42. The van der Waals surface area contributed by atoms with E-state index in [9.17, 15) is 0 Å². The molecule has 2 aliphatic heterocycles. The van der Waals surface area contributed by atoms with Gasteiger partial charge in [0.25, 0.3) is 0 Å². The van der Waals surface area contributed by atoms with Crippen LogP contribution in [0.1, 0.15) is 38.5 Å². The van der Waals surface area contributed by atoms with Gasteiger partial charge in [-0.3, -0.25) is 0 Å². The molecule has 0 bridgehead atoms. The van der Waals surface area contributed by atoms with E-state index in [0.29, 0.717) is 0 Å². The van der Waals surface area contributed by atoms with Gasteiger partial charge < -0.3 is 5.21 Å². The Bertz CT molecular complexity index is 90.7. The van der Waals surface area contributed by atoms with Crippen LogP contribution >= 0.6 is 23.5 Å². The Labute approximate surface area is 102 Å². The summed E-state index contributed by atoms with van der Waals surface area (Å²) >= 11 is 4.19. The number of hydrogen-bond donors (Lipinski definition) is 1. The topological polar surface area (TPSA) is 32.6 Å². The van der Waals surface area contributed by atoms with E-state index in [-0.39, 0.29) is 0 Å². The summed E-state index contributed by atoms with van der Waals surface area (Å²) in [6, 6.07) is 0.